The monoisotopic (exact) mass is 309 g/mol. The molecule has 2 aromatic rings. The molecule has 0 amide bonds. The van der Waals surface area contributed by atoms with Crippen LogP contribution in [-0.2, 0) is 0 Å². The van der Waals surface area contributed by atoms with Crippen molar-refractivity contribution < 1.29 is 4.74 Å². The molecule has 0 aliphatic rings. The van der Waals surface area contributed by atoms with E-state index in [0.717, 1.165) is 4.47 Å². The number of aromatic nitrogens is 2. The summed E-state index contributed by atoms with van der Waals surface area (Å²) >= 11 is 8.25. The Balaban J connectivity index is 2.30. The summed E-state index contributed by atoms with van der Waals surface area (Å²) in [5, 5.41) is 7.61. The Bertz CT molecular complexity index is 545. The highest BCUT2D eigenvalue weighted by Gasteiger charge is 2.08. The lowest BCUT2D eigenvalue weighted by Crippen LogP contribution is -2.11. The van der Waals surface area contributed by atoms with Gasteiger partial charge in [-0.15, -0.1) is 5.10 Å². The van der Waals surface area contributed by atoms with Crippen molar-refractivity contribution >= 4 is 33.1 Å². The van der Waals surface area contributed by atoms with Crippen LogP contribution in [0.2, 0.25) is 0 Å². The summed E-state index contributed by atoms with van der Waals surface area (Å²) < 4.78 is 6.53. The topological polar surface area (TPSA) is 61.0 Å². The summed E-state index contributed by atoms with van der Waals surface area (Å²) in [6.45, 7) is 0. The maximum Gasteiger partial charge on any atom is 0.249 e. The molecule has 2 N–H and O–H groups in total. The van der Waals surface area contributed by atoms with Crippen LogP contribution in [0.3, 0.4) is 0 Å². The fourth-order valence-corrected chi connectivity index (χ4v) is 1.62. The van der Waals surface area contributed by atoms with E-state index in [4.69, 9.17) is 22.7 Å². The lowest BCUT2D eigenvalue weighted by Gasteiger charge is -2.07. The summed E-state index contributed by atoms with van der Waals surface area (Å²) in [6, 6.07) is 9.02. The minimum Gasteiger partial charge on any atom is -0.437 e. The van der Waals surface area contributed by atoms with E-state index in [9.17, 15) is 0 Å². The number of hydrogen-bond acceptors (Lipinski definition) is 4. The number of benzene rings is 1. The fraction of sp³-hybridized carbons (Fsp3) is 0. The Kier molecular flexibility index (Phi) is 3.65. The summed E-state index contributed by atoms with van der Waals surface area (Å²) in [7, 11) is 0. The van der Waals surface area contributed by atoms with Crippen LogP contribution < -0.4 is 10.5 Å². The smallest absolute Gasteiger partial charge is 0.249 e. The number of hydrogen-bond donors (Lipinski definition) is 1. The van der Waals surface area contributed by atoms with Gasteiger partial charge < -0.3 is 10.5 Å². The van der Waals surface area contributed by atoms with Gasteiger partial charge in [-0.25, -0.2) is 0 Å². The van der Waals surface area contributed by atoms with E-state index in [1.54, 1.807) is 6.07 Å². The first kappa shape index (κ1) is 11.9. The largest absolute Gasteiger partial charge is 0.437 e. The van der Waals surface area contributed by atoms with Gasteiger partial charge in [-0.05, 0) is 30.3 Å². The van der Waals surface area contributed by atoms with Crippen LogP contribution in [0.1, 0.15) is 5.56 Å². The quantitative estimate of drug-likeness (QED) is 0.883. The average molecular weight is 310 g/mol. The first-order chi connectivity index (χ1) is 8.16. The molecular formula is C11H8BrN3OS. The Morgan fingerprint density at radius 2 is 1.94 bits per heavy atom. The third kappa shape index (κ3) is 2.98. The highest BCUT2D eigenvalue weighted by molar-refractivity contribution is 9.10. The second-order valence-corrected chi connectivity index (χ2v) is 4.53. The Hall–Kier alpha value is -1.53. The van der Waals surface area contributed by atoms with Gasteiger partial charge in [0, 0.05) is 4.47 Å². The van der Waals surface area contributed by atoms with Crippen LogP contribution in [0.4, 0.5) is 0 Å². The molecular weight excluding hydrogens is 302 g/mol. The van der Waals surface area contributed by atoms with E-state index < -0.39 is 0 Å². The third-order valence-electron chi connectivity index (χ3n) is 1.98. The number of thiocarbonyl (C=S) groups is 1. The Morgan fingerprint density at radius 1 is 1.24 bits per heavy atom. The van der Waals surface area contributed by atoms with Crippen molar-refractivity contribution in [2.24, 2.45) is 5.73 Å². The zero-order valence-electron chi connectivity index (χ0n) is 8.63. The summed E-state index contributed by atoms with van der Waals surface area (Å²) in [4.78, 5) is 0.229. The van der Waals surface area contributed by atoms with Crippen molar-refractivity contribution in [2.45, 2.75) is 0 Å². The van der Waals surface area contributed by atoms with Gasteiger partial charge in [-0.3, -0.25) is 0 Å². The molecule has 0 saturated heterocycles. The summed E-state index contributed by atoms with van der Waals surface area (Å²) in [6.07, 6.45) is 1.52. The molecule has 0 aliphatic heterocycles. The normalized spacial score (nSPS) is 9.94. The maximum absolute atomic E-state index is 5.57. The fourth-order valence-electron chi connectivity index (χ4n) is 1.20. The number of ether oxygens (including phenoxy) is 1. The van der Waals surface area contributed by atoms with Crippen molar-refractivity contribution in [1.82, 2.24) is 10.2 Å². The molecule has 1 aromatic heterocycles. The molecule has 0 bridgehead atoms. The van der Waals surface area contributed by atoms with Crippen molar-refractivity contribution in [3.05, 3.63) is 46.6 Å². The van der Waals surface area contributed by atoms with Crippen molar-refractivity contribution in [2.75, 3.05) is 0 Å². The Labute approximate surface area is 112 Å². The average Bonchev–Trinajstić information content (AvgIpc) is 2.32. The van der Waals surface area contributed by atoms with E-state index in [1.165, 1.54) is 6.20 Å². The lowest BCUT2D eigenvalue weighted by atomic mass is 10.3. The number of rotatable bonds is 3. The maximum atomic E-state index is 5.57. The number of nitrogens with zero attached hydrogens (tertiary/aromatic N) is 2. The van der Waals surface area contributed by atoms with Gasteiger partial charge in [0.25, 0.3) is 0 Å². The van der Waals surface area contributed by atoms with Crippen LogP contribution in [0.5, 0.6) is 11.6 Å². The second-order valence-electron chi connectivity index (χ2n) is 3.17. The molecule has 0 radical (unpaired) electrons. The Morgan fingerprint density at radius 3 is 2.59 bits per heavy atom. The second kappa shape index (κ2) is 5.20. The van der Waals surface area contributed by atoms with E-state index >= 15 is 0 Å². The summed E-state index contributed by atoms with van der Waals surface area (Å²) in [5.74, 6) is 0.952. The van der Waals surface area contributed by atoms with Crippen molar-refractivity contribution in [3.8, 4) is 11.6 Å². The molecule has 86 valence electrons. The van der Waals surface area contributed by atoms with Crippen LogP contribution in [0.15, 0.2) is 41.0 Å². The van der Waals surface area contributed by atoms with Crippen LogP contribution in [0.25, 0.3) is 0 Å². The van der Waals surface area contributed by atoms with E-state index in [-0.39, 0.29) is 4.99 Å². The van der Waals surface area contributed by atoms with Crippen molar-refractivity contribution in [1.29, 1.82) is 0 Å². The first-order valence-corrected chi connectivity index (χ1v) is 5.92. The van der Waals surface area contributed by atoms with Gasteiger partial charge in [0.2, 0.25) is 5.88 Å². The van der Waals surface area contributed by atoms with Crippen LogP contribution >= 0.6 is 28.1 Å². The van der Waals surface area contributed by atoms with Gasteiger partial charge in [0.1, 0.15) is 10.7 Å². The van der Waals surface area contributed by atoms with Gasteiger partial charge in [-0.1, -0.05) is 28.1 Å². The number of halogens is 1. The molecule has 0 unspecified atom stereocenters. The number of nitrogens with two attached hydrogens (primary N) is 1. The van der Waals surface area contributed by atoms with Gasteiger partial charge in [0.15, 0.2) is 0 Å². The molecule has 4 nitrogen and oxygen atoms in total. The molecule has 0 aliphatic carbocycles. The van der Waals surface area contributed by atoms with Crippen LogP contribution in [-0.4, -0.2) is 15.2 Å². The summed E-state index contributed by atoms with van der Waals surface area (Å²) in [5.41, 5.74) is 6.14. The molecule has 0 atom stereocenters. The minimum atomic E-state index is 0.229. The molecule has 0 fully saturated rings. The lowest BCUT2D eigenvalue weighted by molar-refractivity contribution is 0.454. The molecule has 1 aromatic carbocycles. The first-order valence-electron chi connectivity index (χ1n) is 4.72. The SMILES string of the molecule is NC(=S)c1ccnnc1Oc1ccc(Br)cc1. The standard InChI is InChI=1S/C11H8BrN3OS/c12-7-1-3-8(4-2-7)16-11-9(10(13)17)5-6-14-15-11/h1-6H,(H2,13,17). The molecule has 0 spiro atoms. The van der Waals surface area contributed by atoms with Gasteiger partial charge >= 0.3 is 0 Å². The highest BCUT2D eigenvalue weighted by Crippen LogP contribution is 2.23. The molecule has 0 saturated carbocycles. The molecule has 2 rings (SSSR count). The van der Waals surface area contributed by atoms with E-state index in [0.29, 0.717) is 17.2 Å². The molecule has 1 heterocycles. The zero-order valence-corrected chi connectivity index (χ0v) is 11.0. The van der Waals surface area contributed by atoms with E-state index in [1.807, 2.05) is 24.3 Å². The predicted molar refractivity (Wildman–Crippen MR) is 72.1 cm³/mol. The minimum absolute atomic E-state index is 0.229. The molecule has 17 heavy (non-hydrogen) atoms. The van der Waals surface area contributed by atoms with Crippen LogP contribution in [0, 0.1) is 0 Å². The predicted octanol–water partition coefficient (Wildman–Crippen LogP) is 2.67. The highest BCUT2D eigenvalue weighted by atomic mass is 79.9. The van der Waals surface area contributed by atoms with E-state index in [2.05, 4.69) is 26.1 Å². The molecule has 6 heteroatoms. The van der Waals surface area contributed by atoms with Crippen molar-refractivity contribution in [3.63, 3.8) is 0 Å². The van der Waals surface area contributed by atoms with Gasteiger partial charge in [-0.2, -0.15) is 5.10 Å². The third-order valence-corrected chi connectivity index (χ3v) is 2.73. The zero-order chi connectivity index (χ0) is 12.3. The van der Waals surface area contributed by atoms with Gasteiger partial charge in [0.05, 0.1) is 11.8 Å².